The summed E-state index contributed by atoms with van der Waals surface area (Å²) >= 11 is 0. The first kappa shape index (κ1) is 20.2. The van der Waals surface area contributed by atoms with Gasteiger partial charge in [0.25, 0.3) is 5.91 Å². The Bertz CT molecular complexity index is 815. The largest absolute Gasteiger partial charge is 0.449 e. The Balaban J connectivity index is 1.94. The topological polar surface area (TPSA) is 46.6 Å². The summed E-state index contributed by atoms with van der Waals surface area (Å²) < 4.78 is 42.6. The van der Waals surface area contributed by atoms with Crippen LogP contribution in [-0.4, -0.2) is 25.0 Å². The van der Waals surface area contributed by atoms with Gasteiger partial charge in [0.1, 0.15) is 0 Å². The van der Waals surface area contributed by atoms with Gasteiger partial charge in [-0.1, -0.05) is 30.3 Å². The van der Waals surface area contributed by atoms with Crippen molar-refractivity contribution in [2.24, 2.45) is 0 Å². The summed E-state index contributed by atoms with van der Waals surface area (Å²) in [6, 6.07) is 13.2. The molecule has 0 aliphatic heterocycles. The lowest BCUT2D eigenvalue weighted by atomic mass is 10.1. The van der Waals surface area contributed by atoms with Crippen LogP contribution in [0.25, 0.3) is 6.08 Å². The molecular formula is C20H18F3NO3. The van der Waals surface area contributed by atoms with E-state index < -0.39 is 29.7 Å². The molecule has 2 aromatic rings. The number of ether oxygens (including phenoxy) is 1. The number of halogens is 3. The Morgan fingerprint density at radius 2 is 1.63 bits per heavy atom. The van der Waals surface area contributed by atoms with Gasteiger partial charge in [-0.2, -0.15) is 13.2 Å². The number of benzene rings is 2. The fraction of sp³-hybridized carbons (Fsp3) is 0.200. The highest BCUT2D eigenvalue weighted by atomic mass is 19.4. The second-order valence-corrected chi connectivity index (χ2v) is 5.77. The fourth-order valence-electron chi connectivity index (χ4n) is 2.26. The highest BCUT2D eigenvalue weighted by Gasteiger charge is 2.29. The van der Waals surface area contributed by atoms with Gasteiger partial charge in [0.2, 0.25) is 0 Å². The first-order valence-corrected chi connectivity index (χ1v) is 8.07. The minimum absolute atomic E-state index is 0.403. The van der Waals surface area contributed by atoms with Crippen LogP contribution >= 0.6 is 0 Å². The number of esters is 1. The average molecular weight is 377 g/mol. The molecule has 0 heterocycles. The molecule has 0 aromatic heterocycles. The third-order valence-corrected chi connectivity index (χ3v) is 3.76. The number of alkyl halides is 3. The van der Waals surface area contributed by atoms with Crippen molar-refractivity contribution in [1.82, 2.24) is 0 Å². The number of nitrogens with zero attached hydrogens (tertiary/aromatic N) is 1. The minimum Gasteiger partial charge on any atom is -0.449 e. The molecule has 0 unspecified atom stereocenters. The molecule has 7 heteroatoms. The molecule has 2 aromatic carbocycles. The van der Waals surface area contributed by atoms with Gasteiger partial charge in [0.05, 0.1) is 5.56 Å². The van der Waals surface area contributed by atoms with Gasteiger partial charge in [-0.15, -0.1) is 0 Å². The monoisotopic (exact) mass is 377 g/mol. The minimum atomic E-state index is -4.41. The van der Waals surface area contributed by atoms with Crippen LogP contribution in [-0.2, 0) is 20.5 Å². The van der Waals surface area contributed by atoms with Crippen molar-refractivity contribution in [3.8, 4) is 0 Å². The Labute approximate surface area is 154 Å². The maximum atomic E-state index is 12.5. The van der Waals surface area contributed by atoms with Crippen LogP contribution in [0.4, 0.5) is 18.9 Å². The van der Waals surface area contributed by atoms with E-state index in [1.54, 1.807) is 31.3 Å². The molecule has 0 bridgehead atoms. The molecule has 0 fully saturated rings. The second kappa shape index (κ2) is 8.53. The van der Waals surface area contributed by atoms with Crippen molar-refractivity contribution < 1.29 is 27.5 Å². The van der Waals surface area contributed by atoms with Crippen molar-refractivity contribution in [2.75, 3.05) is 11.9 Å². The molecule has 0 N–H and O–H groups in total. The maximum Gasteiger partial charge on any atom is 0.416 e. The summed E-state index contributed by atoms with van der Waals surface area (Å²) in [5.74, 6) is -1.17. The molecule has 0 aliphatic rings. The molecule has 1 atom stereocenters. The first-order valence-electron chi connectivity index (χ1n) is 8.07. The average Bonchev–Trinajstić information content (AvgIpc) is 2.65. The number of hydrogen-bond acceptors (Lipinski definition) is 3. The zero-order chi connectivity index (χ0) is 20.0. The smallest absolute Gasteiger partial charge is 0.416 e. The Morgan fingerprint density at radius 3 is 2.19 bits per heavy atom. The van der Waals surface area contributed by atoms with Gasteiger partial charge in [0, 0.05) is 18.8 Å². The molecule has 0 saturated carbocycles. The Hall–Kier alpha value is -3.09. The van der Waals surface area contributed by atoms with Gasteiger partial charge in [0.15, 0.2) is 6.10 Å². The maximum absolute atomic E-state index is 12.5. The van der Waals surface area contributed by atoms with Crippen LogP contribution in [0.2, 0.25) is 0 Å². The molecule has 0 saturated heterocycles. The summed E-state index contributed by atoms with van der Waals surface area (Å²) in [4.78, 5) is 25.5. The number of likely N-dealkylation sites (N-methyl/N-ethyl adjacent to an activating group) is 1. The van der Waals surface area contributed by atoms with E-state index in [0.717, 1.165) is 18.2 Å². The van der Waals surface area contributed by atoms with Crippen LogP contribution in [0.1, 0.15) is 18.1 Å². The highest BCUT2D eigenvalue weighted by Crippen LogP contribution is 2.29. The van der Waals surface area contributed by atoms with Crippen molar-refractivity contribution in [1.29, 1.82) is 0 Å². The molecule has 0 aliphatic carbocycles. The molecule has 0 spiro atoms. The predicted octanol–water partition coefficient (Wildman–Crippen LogP) is 4.31. The van der Waals surface area contributed by atoms with Gasteiger partial charge < -0.3 is 9.64 Å². The van der Waals surface area contributed by atoms with E-state index in [9.17, 15) is 22.8 Å². The molecular weight excluding hydrogens is 359 g/mol. The third-order valence-electron chi connectivity index (χ3n) is 3.76. The van der Waals surface area contributed by atoms with E-state index in [2.05, 4.69) is 0 Å². The lowest BCUT2D eigenvalue weighted by Gasteiger charge is -2.21. The van der Waals surface area contributed by atoms with Crippen LogP contribution < -0.4 is 4.90 Å². The summed E-state index contributed by atoms with van der Waals surface area (Å²) in [7, 11) is 1.57. The molecule has 1 amide bonds. The normalized spacial score (nSPS) is 12.6. The van der Waals surface area contributed by atoms with Crippen molar-refractivity contribution in [2.45, 2.75) is 19.2 Å². The summed E-state index contributed by atoms with van der Waals surface area (Å²) in [5.41, 5.74) is 0.288. The quantitative estimate of drug-likeness (QED) is 0.576. The second-order valence-electron chi connectivity index (χ2n) is 5.77. The van der Waals surface area contributed by atoms with E-state index >= 15 is 0 Å². The standard InChI is InChI=1S/C20H18F3NO3/c1-14(19(26)24(2)17-6-4-3-5-7-17)27-18(25)13-10-15-8-11-16(12-9-15)20(21,22)23/h3-14H,1-2H3/b13-10+/t14-/m0/s1. The van der Waals surface area contributed by atoms with Crippen molar-refractivity contribution in [3.05, 3.63) is 71.8 Å². The van der Waals surface area contributed by atoms with E-state index in [1.807, 2.05) is 6.07 Å². The van der Waals surface area contributed by atoms with Crippen LogP contribution in [0.5, 0.6) is 0 Å². The van der Waals surface area contributed by atoms with Gasteiger partial charge in [-0.25, -0.2) is 4.79 Å². The molecule has 27 heavy (non-hydrogen) atoms. The van der Waals surface area contributed by atoms with E-state index in [-0.39, 0.29) is 0 Å². The zero-order valence-electron chi connectivity index (χ0n) is 14.7. The van der Waals surface area contributed by atoms with Gasteiger partial charge in [-0.05, 0) is 42.8 Å². The number of para-hydroxylation sites is 1. The number of carbonyl (C=O) groups excluding carboxylic acids is 2. The number of carbonyl (C=O) groups is 2. The number of rotatable bonds is 5. The summed E-state index contributed by atoms with van der Waals surface area (Å²) in [5, 5.41) is 0. The fourth-order valence-corrected chi connectivity index (χ4v) is 2.26. The number of hydrogen-bond donors (Lipinski definition) is 0. The number of amides is 1. The molecule has 2 rings (SSSR count). The van der Waals surface area contributed by atoms with E-state index in [0.29, 0.717) is 11.3 Å². The Kier molecular flexibility index (Phi) is 6.39. The first-order chi connectivity index (χ1) is 12.7. The number of anilines is 1. The summed E-state index contributed by atoms with van der Waals surface area (Å²) in [6.07, 6.45) is -3.04. The van der Waals surface area contributed by atoms with Crippen molar-refractivity contribution in [3.63, 3.8) is 0 Å². The summed E-state index contributed by atoms with van der Waals surface area (Å²) in [6.45, 7) is 1.45. The third kappa shape index (κ3) is 5.70. The van der Waals surface area contributed by atoms with E-state index in [1.165, 1.54) is 30.0 Å². The van der Waals surface area contributed by atoms with Gasteiger partial charge in [-0.3, -0.25) is 4.79 Å². The predicted molar refractivity (Wildman–Crippen MR) is 95.9 cm³/mol. The Morgan fingerprint density at radius 1 is 1.04 bits per heavy atom. The van der Waals surface area contributed by atoms with Crippen LogP contribution in [0.15, 0.2) is 60.7 Å². The lowest BCUT2D eigenvalue weighted by molar-refractivity contribution is -0.148. The van der Waals surface area contributed by atoms with Crippen molar-refractivity contribution >= 4 is 23.6 Å². The zero-order valence-corrected chi connectivity index (χ0v) is 14.7. The van der Waals surface area contributed by atoms with Crippen LogP contribution in [0, 0.1) is 0 Å². The lowest BCUT2D eigenvalue weighted by Crippen LogP contribution is -2.37. The van der Waals surface area contributed by atoms with Gasteiger partial charge >= 0.3 is 12.1 Å². The molecule has 4 nitrogen and oxygen atoms in total. The SMILES string of the molecule is C[C@H](OC(=O)/C=C/c1ccc(C(F)(F)F)cc1)C(=O)N(C)c1ccccc1. The molecule has 0 radical (unpaired) electrons. The highest BCUT2D eigenvalue weighted by molar-refractivity contribution is 5.98. The van der Waals surface area contributed by atoms with Crippen LogP contribution in [0.3, 0.4) is 0 Å². The molecule has 142 valence electrons. The van der Waals surface area contributed by atoms with E-state index in [4.69, 9.17) is 4.74 Å².